The zero-order valence-electron chi connectivity index (χ0n) is 15.1. The molecule has 0 bridgehead atoms. The molecule has 2 aromatic rings. The van der Waals surface area contributed by atoms with Gasteiger partial charge in [-0.3, -0.25) is 4.98 Å². The molecule has 0 atom stereocenters. The minimum atomic E-state index is -0.308. The van der Waals surface area contributed by atoms with E-state index in [2.05, 4.69) is 28.7 Å². The summed E-state index contributed by atoms with van der Waals surface area (Å²) < 4.78 is 5.07. The molecule has 1 aromatic heterocycles. The number of benzene rings is 1. The highest BCUT2D eigenvalue weighted by Crippen LogP contribution is 2.18. The lowest BCUT2D eigenvalue weighted by molar-refractivity contribution is -0.139. The molecule has 0 N–H and O–H groups in total. The van der Waals surface area contributed by atoms with E-state index in [-0.39, 0.29) is 5.97 Å². The van der Waals surface area contributed by atoms with Crippen molar-refractivity contribution in [2.24, 2.45) is 0 Å². The Hall–Kier alpha value is -3.00. The van der Waals surface area contributed by atoms with E-state index in [0.29, 0.717) is 17.9 Å². The summed E-state index contributed by atoms with van der Waals surface area (Å²) in [5, 5.41) is 8.75. The van der Waals surface area contributed by atoms with E-state index >= 15 is 0 Å². The Kier molecular flexibility index (Phi) is 7.50. The average Bonchev–Trinajstić information content (AvgIpc) is 2.67. The topological polar surface area (TPSA) is 75.9 Å². The van der Waals surface area contributed by atoms with E-state index in [1.165, 1.54) is 11.8 Å². The van der Waals surface area contributed by atoms with Crippen molar-refractivity contribution in [2.75, 3.05) is 6.61 Å². The second kappa shape index (κ2) is 10.1. The third kappa shape index (κ3) is 6.14. The lowest BCUT2D eigenvalue weighted by Crippen LogP contribution is -2.06. The summed E-state index contributed by atoms with van der Waals surface area (Å²) in [6.45, 7) is 5.67. The molecule has 5 nitrogen and oxygen atoms in total. The van der Waals surface area contributed by atoms with E-state index in [4.69, 9.17) is 10.00 Å². The van der Waals surface area contributed by atoms with Gasteiger partial charge in [-0.1, -0.05) is 43.7 Å². The molecule has 26 heavy (non-hydrogen) atoms. The highest BCUT2D eigenvalue weighted by atomic mass is 16.5. The Morgan fingerprint density at radius 3 is 2.46 bits per heavy atom. The number of aryl methyl sites for hydroxylation is 1. The number of unbranched alkanes of at least 4 members (excludes halogenated alkanes) is 3. The summed E-state index contributed by atoms with van der Waals surface area (Å²) in [4.78, 5) is 19.5. The molecular weight excluding hydrogens is 326 g/mol. The molecule has 1 heterocycles. The minimum Gasteiger partial charge on any atom is -0.462 e. The average molecular weight is 349 g/mol. The molecule has 1 aromatic carbocycles. The third-order valence-electron chi connectivity index (χ3n) is 3.96. The highest BCUT2D eigenvalue weighted by molar-refractivity contribution is 5.86. The maximum absolute atomic E-state index is 11.2. The number of hydrogen-bond acceptors (Lipinski definition) is 5. The van der Waals surface area contributed by atoms with Gasteiger partial charge in [-0.25, -0.2) is 9.78 Å². The Morgan fingerprint density at radius 2 is 1.85 bits per heavy atom. The van der Waals surface area contributed by atoms with Crippen molar-refractivity contribution < 1.29 is 9.53 Å². The van der Waals surface area contributed by atoms with Gasteiger partial charge in [-0.05, 0) is 31.7 Å². The van der Waals surface area contributed by atoms with Crippen LogP contribution in [0.15, 0.2) is 48.8 Å². The summed E-state index contributed by atoms with van der Waals surface area (Å²) in [6, 6.07) is 10.2. The maximum Gasteiger partial charge on any atom is 0.333 e. The Labute approximate surface area is 154 Å². The number of hydrogen-bond donors (Lipinski definition) is 0. The van der Waals surface area contributed by atoms with Crippen molar-refractivity contribution >= 4 is 5.97 Å². The number of carbonyl (C=O) groups excluding carboxylic acids is 1. The molecule has 2 rings (SSSR count). The Morgan fingerprint density at radius 1 is 1.12 bits per heavy atom. The van der Waals surface area contributed by atoms with Crippen LogP contribution >= 0.6 is 0 Å². The fourth-order valence-corrected chi connectivity index (χ4v) is 2.45. The first-order valence-electron chi connectivity index (χ1n) is 8.74. The van der Waals surface area contributed by atoms with Gasteiger partial charge in [0.05, 0.1) is 24.7 Å². The van der Waals surface area contributed by atoms with Crippen LogP contribution in [0.5, 0.6) is 0 Å². The molecule has 0 saturated heterocycles. The molecule has 0 radical (unpaired) electrons. The maximum atomic E-state index is 11.2. The fourth-order valence-electron chi connectivity index (χ4n) is 2.45. The zero-order valence-corrected chi connectivity index (χ0v) is 15.1. The van der Waals surface area contributed by atoms with Gasteiger partial charge in [-0.15, -0.1) is 0 Å². The van der Waals surface area contributed by atoms with E-state index < -0.39 is 0 Å². The number of ether oxygens (including phenoxy) is 1. The molecule has 0 aliphatic heterocycles. The summed E-state index contributed by atoms with van der Waals surface area (Å²) >= 11 is 0. The number of carbonyl (C=O) groups is 1. The Balaban J connectivity index is 1.68. The summed E-state index contributed by atoms with van der Waals surface area (Å²) in [6.07, 6.45) is 8.26. The summed E-state index contributed by atoms with van der Waals surface area (Å²) in [7, 11) is 0. The van der Waals surface area contributed by atoms with Crippen LogP contribution in [0.3, 0.4) is 0 Å². The highest BCUT2D eigenvalue weighted by Gasteiger charge is 2.03. The largest absolute Gasteiger partial charge is 0.462 e. The van der Waals surface area contributed by atoms with Crippen LogP contribution in [0, 0.1) is 11.3 Å². The molecule has 5 heteroatoms. The number of nitrogens with zero attached hydrogens (tertiary/aromatic N) is 3. The number of rotatable bonds is 9. The summed E-state index contributed by atoms with van der Waals surface area (Å²) in [5.74, 6) is -0.308. The first-order valence-corrected chi connectivity index (χ1v) is 8.74. The summed E-state index contributed by atoms with van der Waals surface area (Å²) in [5.41, 5.74) is 3.80. The first-order chi connectivity index (χ1) is 12.6. The monoisotopic (exact) mass is 349 g/mol. The first kappa shape index (κ1) is 19.3. The Bertz CT molecular complexity index is 774. The van der Waals surface area contributed by atoms with Crippen LogP contribution in [0.25, 0.3) is 11.3 Å². The van der Waals surface area contributed by atoms with E-state index in [9.17, 15) is 4.79 Å². The molecule has 0 saturated carbocycles. The zero-order chi connectivity index (χ0) is 18.8. The van der Waals surface area contributed by atoms with Crippen LogP contribution in [-0.2, 0) is 16.0 Å². The van der Waals surface area contributed by atoms with Gasteiger partial charge in [-0.2, -0.15) is 5.26 Å². The van der Waals surface area contributed by atoms with Crippen molar-refractivity contribution in [1.29, 1.82) is 5.26 Å². The van der Waals surface area contributed by atoms with Crippen LogP contribution < -0.4 is 0 Å². The second-order valence-corrected chi connectivity index (χ2v) is 6.18. The molecule has 0 aliphatic rings. The molecular formula is C21H23N3O2. The quantitative estimate of drug-likeness (QED) is 0.384. The van der Waals surface area contributed by atoms with E-state index in [0.717, 1.165) is 43.4 Å². The normalized spacial score (nSPS) is 10.2. The minimum absolute atomic E-state index is 0.308. The van der Waals surface area contributed by atoms with Gasteiger partial charge in [0, 0.05) is 11.1 Å². The van der Waals surface area contributed by atoms with Crippen molar-refractivity contribution in [3.05, 3.63) is 60.1 Å². The van der Waals surface area contributed by atoms with Gasteiger partial charge >= 0.3 is 5.97 Å². The lowest BCUT2D eigenvalue weighted by atomic mass is 10.0. The molecule has 0 spiro atoms. The van der Waals surface area contributed by atoms with Crippen molar-refractivity contribution in [3.8, 4) is 17.3 Å². The molecule has 0 fully saturated rings. The van der Waals surface area contributed by atoms with Gasteiger partial charge in [0.15, 0.2) is 5.69 Å². The second-order valence-electron chi connectivity index (χ2n) is 6.18. The van der Waals surface area contributed by atoms with E-state index in [1.54, 1.807) is 13.1 Å². The van der Waals surface area contributed by atoms with Crippen LogP contribution in [0.1, 0.15) is 43.9 Å². The number of aromatic nitrogens is 2. The van der Waals surface area contributed by atoms with Crippen LogP contribution in [-0.4, -0.2) is 22.5 Å². The molecule has 0 aliphatic carbocycles. The molecule has 0 amide bonds. The van der Waals surface area contributed by atoms with Crippen LogP contribution in [0.4, 0.5) is 0 Å². The van der Waals surface area contributed by atoms with Crippen molar-refractivity contribution in [2.45, 2.75) is 39.0 Å². The van der Waals surface area contributed by atoms with Gasteiger partial charge in [0.25, 0.3) is 0 Å². The van der Waals surface area contributed by atoms with Crippen LogP contribution in [0.2, 0.25) is 0 Å². The van der Waals surface area contributed by atoms with E-state index in [1.807, 2.05) is 18.2 Å². The van der Waals surface area contributed by atoms with Crippen molar-refractivity contribution in [1.82, 2.24) is 9.97 Å². The van der Waals surface area contributed by atoms with Gasteiger partial charge in [0.2, 0.25) is 0 Å². The fraction of sp³-hybridized carbons (Fsp3) is 0.333. The predicted molar refractivity (Wildman–Crippen MR) is 100 cm³/mol. The lowest BCUT2D eigenvalue weighted by Gasteiger charge is -2.05. The number of esters is 1. The smallest absolute Gasteiger partial charge is 0.333 e. The molecule has 0 unspecified atom stereocenters. The number of nitriles is 1. The standard InChI is InChI=1S/C21H23N3O2/c1-16(2)21(25)26-12-6-4-3-5-7-17-8-10-18(11-9-17)20-15-23-19(13-22)14-24-20/h8-11,14-15H,1,3-7,12H2,2H3. The van der Waals surface area contributed by atoms with Crippen molar-refractivity contribution in [3.63, 3.8) is 0 Å². The molecule has 134 valence electrons. The predicted octanol–water partition coefficient (Wildman–Crippen LogP) is 4.24. The SMILES string of the molecule is C=C(C)C(=O)OCCCCCCc1ccc(-c2cnc(C#N)cn2)cc1. The van der Waals surface area contributed by atoms with Gasteiger partial charge < -0.3 is 4.74 Å². The third-order valence-corrected chi connectivity index (χ3v) is 3.96. The van der Waals surface area contributed by atoms with Gasteiger partial charge in [0.1, 0.15) is 6.07 Å².